The third-order valence-electron chi connectivity index (χ3n) is 1.86. The number of hydrogen-bond acceptors (Lipinski definition) is 3. The van der Waals surface area contributed by atoms with Gasteiger partial charge in [-0.1, -0.05) is 6.08 Å². The standard InChI is InChI=1S/C6H9NO2S/c8-10(9)4-1-6(5-10)7-2-3-7/h1,4,6H,2-3,5H2. The van der Waals surface area contributed by atoms with Crippen LogP contribution in [0.5, 0.6) is 0 Å². The van der Waals surface area contributed by atoms with Crippen molar-refractivity contribution in [2.45, 2.75) is 6.04 Å². The molecule has 2 heterocycles. The molecule has 1 fully saturated rings. The van der Waals surface area contributed by atoms with Crippen molar-refractivity contribution >= 4 is 9.84 Å². The molecule has 2 aliphatic heterocycles. The van der Waals surface area contributed by atoms with Gasteiger partial charge in [0.25, 0.3) is 0 Å². The molecule has 0 amide bonds. The molecule has 0 saturated carbocycles. The lowest BCUT2D eigenvalue weighted by Gasteiger charge is -2.04. The lowest BCUT2D eigenvalue weighted by atomic mass is 10.3. The van der Waals surface area contributed by atoms with Gasteiger partial charge in [0.1, 0.15) is 0 Å². The van der Waals surface area contributed by atoms with E-state index in [0.29, 0.717) is 5.75 Å². The molecule has 0 radical (unpaired) electrons. The average molecular weight is 159 g/mol. The molecule has 3 nitrogen and oxygen atoms in total. The van der Waals surface area contributed by atoms with Crippen molar-refractivity contribution in [1.82, 2.24) is 4.90 Å². The van der Waals surface area contributed by atoms with Crippen LogP contribution in [0.2, 0.25) is 0 Å². The van der Waals surface area contributed by atoms with Gasteiger partial charge in [-0.2, -0.15) is 0 Å². The number of sulfone groups is 1. The molecular weight excluding hydrogens is 150 g/mol. The van der Waals surface area contributed by atoms with Crippen molar-refractivity contribution in [3.05, 3.63) is 11.5 Å². The number of rotatable bonds is 1. The van der Waals surface area contributed by atoms with Gasteiger partial charge in [-0.3, -0.25) is 4.90 Å². The van der Waals surface area contributed by atoms with E-state index in [1.54, 1.807) is 6.08 Å². The predicted octanol–water partition coefficient (Wildman–Crippen LogP) is -0.387. The molecular formula is C6H9NO2S. The average Bonchev–Trinajstić information content (AvgIpc) is 2.59. The summed E-state index contributed by atoms with van der Waals surface area (Å²) in [4.78, 5) is 2.14. The number of hydrogen-bond donors (Lipinski definition) is 0. The van der Waals surface area contributed by atoms with E-state index in [-0.39, 0.29) is 6.04 Å². The van der Waals surface area contributed by atoms with Crippen LogP contribution in [-0.2, 0) is 9.84 Å². The van der Waals surface area contributed by atoms with E-state index in [1.807, 2.05) is 0 Å². The van der Waals surface area contributed by atoms with Gasteiger partial charge in [0.2, 0.25) is 0 Å². The Labute approximate surface area is 60.2 Å². The molecule has 0 bridgehead atoms. The molecule has 0 aromatic heterocycles. The Morgan fingerprint density at radius 3 is 2.50 bits per heavy atom. The van der Waals surface area contributed by atoms with Gasteiger partial charge in [-0.25, -0.2) is 8.42 Å². The second-order valence-electron chi connectivity index (χ2n) is 2.76. The molecule has 10 heavy (non-hydrogen) atoms. The fraction of sp³-hybridized carbons (Fsp3) is 0.667. The van der Waals surface area contributed by atoms with Gasteiger partial charge < -0.3 is 0 Å². The summed E-state index contributed by atoms with van der Waals surface area (Å²) in [5, 5.41) is 1.33. The van der Waals surface area contributed by atoms with Crippen LogP contribution in [-0.4, -0.2) is 38.2 Å². The first-order valence-electron chi connectivity index (χ1n) is 3.32. The zero-order valence-corrected chi connectivity index (χ0v) is 6.34. The third-order valence-corrected chi connectivity index (χ3v) is 3.24. The van der Waals surface area contributed by atoms with E-state index in [0.717, 1.165) is 13.1 Å². The molecule has 0 aliphatic carbocycles. The minimum atomic E-state index is -2.82. The van der Waals surface area contributed by atoms with Crippen molar-refractivity contribution in [2.75, 3.05) is 18.8 Å². The van der Waals surface area contributed by atoms with E-state index in [2.05, 4.69) is 4.90 Å². The van der Waals surface area contributed by atoms with Crippen LogP contribution in [0, 0.1) is 0 Å². The molecule has 0 spiro atoms. The SMILES string of the molecule is O=S1(=O)C=CC(N2CC2)C1. The highest BCUT2D eigenvalue weighted by Gasteiger charge is 2.32. The zero-order valence-electron chi connectivity index (χ0n) is 5.53. The number of nitrogens with zero attached hydrogens (tertiary/aromatic N) is 1. The summed E-state index contributed by atoms with van der Waals surface area (Å²) in [5.41, 5.74) is 0. The molecule has 4 heteroatoms. The van der Waals surface area contributed by atoms with E-state index in [1.165, 1.54) is 5.41 Å². The van der Waals surface area contributed by atoms with Crippen LogP contribution < -0.4 is 0 Å². The smallest absolute Gasteiger partial charge is 0.173 e. The van der Waals surface area contributed by atoms with Crippen molar-refractivity contribution in [3.8, 4) is 0 Å². The van der Waals surface area contributed by atoms with Crippen molar-refractivity contribution in [1.29, 1.82) is 0 Å². The second-order valence-corrected chi connectivity index (χ2v) is 4.69. The lowest BCUT2D eigenvalue weighted by molar-refractivity contribution is 0.501. The largest absolute Gasteiger partial charge is 0.293 e. The Bertz CT molecular complexity index is 263. The Kier molecular flexibility index (Phi) is 1.16. The highest BCUT2D eigenvalue weighted by molar-refractivity contribution is 7.94. The van der Waals surface area contributed by atoms with E-state index in [9.17, 15) is 8.42 Å². The molecule has 2 rings (SSSR count). The fourth-order valence-corrected chi connectivity index (χ4v) is 2.51. The van der Waals surface area contributed by atoms with Crippen LogP contribution in [0.25, 0.3) is 0 Å². The molecule has 1 unspecified atom stereocenters. The normalized spacial score (nSPS) is 36.6. The first-order valence-corrected chi connectivity index (χ1v) is 5.04. The van der Waals surface area contributed by atoms with Gasteiger partial charge in [-0.15, -0.1) is 0 Å². The molecule has 1 atom stereocenters. The highest BCUT2D eigenvalue weighted by Crippen LogP contribution is 2.19. The summed E-state index contributed by atoms with van der Waals surface area (Å²) in [6.45, 7) is 2.12. The summed E-state index contributed by atoms with van der Waals surface area (Å²) in [5.74, 6) is 0.299. The zero-order chi connectivity index (χ0) is 7.19. The summed E-state index contributed by atoms with van der Waals surface area (Å²) in [7, 11) is -2.82. The summed E-state index contributed by atoms with van der Waals surface area (Å²) >= 11 is 0. The minimum Gasteiger partial charge on any atom is -0.293 e. The van der Waals surface area contributed by atoms with E-state index < -0.39 is 9.84 Å². The highest BCUT2D eigenvalue weighted by atomic mass is 32.2. The van der Waals surface area contributed by atoms with Crippen molar-refractivity contribution in [3.63, 3.8) is 0 Å². The van der Waals surface area contributed by atoms with Gasteiger partial charge in [0, 0.05) is 24.5 Å². The Balaban J connectivity index is 2.14. The van der Waals surface area contributed by atoms with E-state index in [4.69, 9.17) is 0 Å². The monoisotopic (exact) mass is 159 g/mol. The molecule has 56 valence electrons. The molecule has 0 N–H and O–H groups in total. The first kappa shape index (κ1) is 6.37. The summed E-state index contributed by atoms with van der Waals surface area (Å²) in [6, 6.07) is 0.185. The maximum Gasteiger partial charge on any atom is 0.173 e. The molecule has 0 aromatic rings. The minimum absolute atomic E-state index is 0.185. The molecule has 2 aliphatic rings. The van der Waals surface area contributed by atoms with Crippen LogP contribution in [0.4, 0.5) is 0 Å². The van der Waals surface area contributed by atoms with E-state index >= 15 is 0 Å². The van der Waals surface area contributed by atoms with Crippen molar-refractivity contribution in [2.24, 2.45) is 0 Å². The second kappa shape index (κ2) is 1.83. The Morgan fingerprint density at radius 2 is 2.10 bits per heavy atom. The van der Waals surface area contributed by atoms with Gasteiger partial charge in [0.15, 0.2) is 9.84 Å². The van der Waals surface area contributed by atoms with Crippen LogP contribution in [0.15, 0.2) is 11.5 Å². The third kappa shape index (κ3) is 1.09. The Hall–Kier alpha value is -0.350. The van der Waals surface area contributed by atoms with Gasteiger partial charge >= 0.3 is 0 Å². The molecule has 0 aromatic carbocycles. The Morgan fingerprint density at radius 1 is 1.40 bits per heavy atom. The topological polar surface area (TPSA) is 37.1 Å². The lowest BCUT2D eigenvalue weighted by Crippen LogP contribution is -2.19. The van der Waals surface area contributed by atoms with Crippen LogP contribution >= 0.6 is 0 Å². The van der Waals surface area contributed by atoms with Crippen LogP contribution in [0.1, 0.15) is 0 Å². The fourth-order valence-electron chi connectivity index (χ4n) is 1.18. The first-order chi connectivity index (χ1) is 4.67. The van der Waals surface area contributed by atoms with Crippen molar-refractivity contribution < 1.29 is 8.42 Å². The van der Waals surface area contributed by atoms with Crippen LogP contribution in [0.3, 0.4) is 0 Å². The summed E-state index contributed by atoms with van der Waals surface area (Å²) in [6.07, 6.45) is 1.78. The quantitative estimate of drug-likeness (QED) is 0.489. The maximum atomic E-state index is 10.9. The van der Waals surface area contributed by atoms with Gasteiger partial charge in [0.05, 0.1) is 5.75 Å². The van der Waals surface area contributed by atoms with Gasteiger partial charge in [-0.05, 0) is 0 Å². The molecule has 1 saturated heterocycles. The summed E-state index contributed by atoms with van der Waals surface area (Å²) < 4.78 is 21.7. The maximum absolute atomic E-state index is 10.9. The predicted molar refractivity (Wildman–Crippen MR) is 38.3 cm³/mol.